The molecule has 0 N–H and O–H groups in total. The van der Waals surface area contributed by atoms with Crippen LogP contribution in [0.25, 0.3) is 21.5 Å². The summed E-state index contributed by atoms with van der Waals surface area (Å²) >= 11 is 0. The van der Waals surface area contributed by atoms with E-state index in [4.69, 9.17) is 14.2 Å². The maximum atomic E-state index is 12.8. The predicted molar refractivity (Wildman–Crippen MR) is 318 cm³/mol. The number of nitrogens with zero attached hydrogens (tertiary/aromatic N) is 3. The first kappa shape index (κ1) is 76.6. The van der Waals surface area contributed by atoms with Crippen LogP contribution in [0.1, 0.15) is 59.3 Å². The van der Waals surface area contributed by atoms with Crippen molar-refractivity contribution in [1.29, 1.82) is 0 Å². The first-order chi connectivity index (χ1) is 44.5. The van der Waals surface area contributed by atoms with Gasteiger partial charge in [0.2, 0.25) is 17.7 Å². The molecule has 522 valence electrons. The summed E-state index contributed by atoms with van der Waals surface area (Å²) in [6.45, 7) is 2.99. The van der Waals surface area contributed by atoms with Crippen LogP contribution >= 0.6 is 0 Å². The molecule has 9 fully saturated rings. The molecule has 9 aliphatic heterocycles. The largest absolute Gasteiger partial charge is 0.746 e. The van der Waals surface area contributed by atoms with Gasteiger partial charge in [-0.05, 0) is 96.5 Å². The van der Waals surface area contributed by atoms with E-state index in [0.29, 0.717) is 36.1 Å². The van der Waals surface area contributed by atoms with Crippen molar-refractivity contribution >= 4 is 105 Å². The maximum Gasteiger partial charge on any atom is 0.271 e. The third-order valence-electron chi connectivity index (χ3n) is 17.4. The number of hydrogen-bond donors (Lipinski definition) is 0. The standard InChI is InChI=1S/2C18H17NO2.C14H15NO2.3C4H5F2O5S.3Rf/c2*20-18-17-14(15-7-8-16(17)21-15)10-19(18)13-6-5-11-3-1-2-4-12(11)9-13;16-14-13-10(11-6-7-12(13)17-11)8-15(14)9-4-2-1-3-5-9;3*1-3(7)11-2-4(5,6)12(8,9)10;;;/h2*1-6,9,14-17H,7-8,10H2;1-5,10-13H,6-8H2;3*2H,1H3,(H,8,9,10);;;/q;;;3*-1;;;/p-3. The van der Waals surface area contributed by atoms with Crippen molar-refractivity contribution in [1.82, 2.24) is 0 Å². The fourth-order valence-corrected chi connectivity index (χ4v) is 13.6. The van der Waals surface area contributed by atoms with Gasteiger partial charge >= 0.3 is 0 Å². The molecular weight excluding hydrogens is 2130 g/mol. The second-order valence-corrected chi connectivity index (χ2v) is 27.8. The Morgan fingerprint density at radius 1 is 0.408 bits per heavy atom. The van der Waals surface area contributed by atoms with Crippen LogP contribution in [0.15, 0.2) is 115 Å². The Morgan fingerprint density at radius 2 is 0.663 bits per heavy atom. The van der Waals surface area contributed by atoms with Crippen molar-refractivity contribution in [3.63, 3.8) is 0 Å². The second kappa shape index (κ2) is 29.5. The number of hydrogen-bond acceptors (Lipinski definition) is 21. The Bertz CT molecular complexity index is 3820. The van der Waals surface area contributed by atoms with Crippen LogP contribution in [0.4, 0.5) is 43.4 Å². The minimum Gasteiger partial charge on any atom is -0.746 e. The molecule has 0 spiro atoms. The van der Waals surface area contributed by atoms with E-state index < -0.39 is 83.8 Å². The van der Waals surface area contributed by atoms with Crippen molar-refractivity contribution in [2.45, 2.75) is 112 Å². The topological polar surface area (TPSA) is 339 Å². The van der Waals surface area contributed by atoms with Crippen LogP contribution in [0.2, 0.25) is 0 Å². The molecule has 9 aliphatic rings. The monoisotopic (exact) mass is 2190 g/mol. The van der Waals surface area contributed by atoms with E-state index in [1.165, 1.54) is 21.5 Å². The third kappa shape index (κ3) is 16.4. The Labute approximate surface area is 541 Å². The number of carbonyl (C=O) groups excluding carboxylic acids is 6. The van der Waals surface area contributed by atoms with Gasteiger partial charge in [0.05, 0.1) is 54.4 Å². The van der Waals surface area contributed by atoms with Gasteiger partial charge in [-0.15, -0.1) is 0 Å². The number of rotatable bonds is 12. The van der Waals surface area contributed by atoms with E-state index in [2.05, 4.69) is 74.9 Å². The number of benzene rings is 5. The number of amides is 3. The molecule has 98 heavy (non-hydrogen) atoms. The van der Waals surface area contributed by atoms with Crippen molar-refractivity contribution in [3.8, 4) is 0 Å². The van der Waals surface area contributed by atoms with Crippen LogP contribution < -0.4 is 14.7 Å². The van der Waals surface area contributed by atoms with Crippen LogP contribution in [0.5, 0.6) is 0 Å². The van der Waals surface area contributed by atoms with Gasteiger partial charge in [-0.3, -0.25) is 28.8 Å². The molecule has 12 unspecified atom stereocenters. The van der Waals surface area contributed by atoms with Crippen LogP contribution in [-0.2, 0) is 87.5 Å². The molecule has 0 aromatic heterocycles. The van der Waals surface area contributed by atoms with Gasteiger partial charge in [-0.2, -0.15) is 0 Å². The summed E-state index contributed by atoms with van der Waals surface area (Å²) < 4.78 is 188. The number of esters is 3. The molecule has 6 bridgehead atoms. The number of para-hydroxylation sites is 1. The Hall–Kier alpha value is -10.4. The van der Waals surface area contributed by atoms with Gasteiger partial charge in [0.25, 0.3) is 33.7 Å². The van der Waals surface area contributed by atoms with Gasteiger partial charge in [0.1, 0.15) is 30.4 Å². The van der Waals surface area contributed by atoms with E-state index >= 15 is 0 Å². The van der Waals surface area contributed by atoms with Gasteiger partial charge < -0.3 is 56.8 Å². The summed E-state index contributed by atoms with van der Waals surface area (Å²) in [5.41, 5.74) is 3.10. The molecule has 9 heterocycles. The molecule has 0 saturated carbocycles. The molecule has 12 atom stereocenters. The number of alkyl halides is 6. The minimum absolute atomic E-state index is 0. The number of carbonyl (C=O) groups is 6. The van der Waals surface area contributed by atoms with Crippen molar-refractivity contribution in [2.24, 2.45) is 35.5 Å². The van der Waals surface area contributed by atoms with Crippen molar-refractivity contribution in [3.05, 3.63) is 135 Å². The van der Waals surface area contributed by atoms with Crippen molar-refractivity contribution < 1.29 is 122 Å². The fourth-order valence-electron chi connectivity index (χ4n) is 13.1. The van der Waals surface area contributed by atoms with Gasteiger partial charge in [-0.25, -0.2) is 51.6 Å². The number of fused-ring (bicyclic) bond motifs is 17. The Balaban J connectivity index is 0.000000188. The van der Waals surface area contributed by atoms with E-state index in [-0.39, 0.29) is 53.8 Å². The quantitative estimate of drug-likeness (QED) is 0.0387. The molecule has 24 nitrogen and oxygen atoms in total. The van der Waals surface area contributed by atoms with Gasteiger partial charge in [0.15, 0.2) is 0 Å². The molecule has 14 rings (SSSR count). The average molecular weight is 2200 g/mol. The molecule has 0 radical (unpaired) electrons. The summed E-state index contributed by atoms with van der Waals surface area (Å²) in [6.07, 6.45) is 8.11. The minimum atomic E-state index is -5.81. The zero-order chi connectivity index (χ0) is 69.3. The molecular formula is C62H61F6N3O21Rf3S3-6. The molecule has 36 heteroatoms. The summed E-state index contributed by atoms with van der Waals surface area (Å²) in [7, 11) is -17.4. The Kier molecular flexibility index (Phi) is 23.1. The fraction of sp³-hybridized carbons (Fsp3) is 0.435. The number of anilines is 3. The molecule has 0 aliphatic carbocycles. The maximum absolute atomic E-state index is 12.8. The summed E-state index contributed by atoms with van der Waals surface area (Å²) in [6, 6.07) is 39.2. The molecule has 5 aromatic carbocycles. The second-order valence-electron chi connectivity index (χ2n) is 23.4. The molecule has 5 aromatic rings. The van der Waals surface area contributed by atoms with E-state index in [1.54, 1.807) is 0 Å². The van der Waals surface area contributed by atoms with Crippen LogP contribution in [-0.4, -0.2) is 147 Å². The Morgan fingerprint density at radius 3 is 0.929 bits per heavy atom. The SMILES string of the molecule is CC(=O)O[CH-]C(F)(F)S(=O)(=O)[O-].CC(=O)O[CH-]C(F)(F)S(=O)(=O)[O-].CC(=O)O[CH-]C(F)(F)S(=O)(=O)[O-].O=C1C2C3CCC(O3)C2CN1c1ccc2ccccc2c1.O=C1C2C3CCC(O3)C2CN1c1ccc2ccccc2c1.O=C1C2C3CCC(O3)C2CN1c1ccccc1.[Rf].[Rf].[Rf]. The smallest absolute Gasteiger partial charge is 0.271 e. The normalized spacial score (nSPS) is 25.9. The average Bonchev–Trinajstić information content (AvgIpc) is 1.60. The predicted octanol–water partition coefficient (Wildman–Crippen LogP) is 7.33. The summed E-state index contributed by atoms with van der Waals surface area (Å²) in [5, 5.41) is -9.22. The van der Waals surface area contributed by atoms with E-state index in [0.717, 1.165) is 96.0 Å². The number of ether oxygens (including phenoxy) is 6. The third-order valence-corrected chi connectivity index (χ3v) is 19.6. The zero-order valence-corrected chi connectivity index (χ0v) is 74.2. The van der Waals surface area contributed by atoms with Gasteiger partial charge in [-0.1, -0.05) is 98.7 Å². The summed E-state index contributed by atoms with van der Waals surface area (Å²) in [4.78, 5) is 73.7. The molecule has 3 amide bonds. The summed E-state index contributed by atoms with van der Waals surface area (Å²) in [5.74, 6) is -1.03. The van der Waals surface area contributed by atoms with Crippen LogP contribution in [0.3, 0.4) is 0 Å². The number of halogens is 6. The van der Waals surface area contributed by atoms with Gasteiger partial charge in [0, 0.05) is 75.2 Å². The first-order valence-electron chi connectivity index (χ1n) is 29.4. The first-order valence-corrected chi connectivity index (χ1v) is 33.7. The van der Waals surface area contributed by atoms with Crippen molar-refractivity contribution in [2.75, 3.05) is 34.3 Å². The van der Waals surface area contributed by atoms with E-state index in [9.17, 15) is 94.0 Å². The molecule has 9 saturated heterocycles. The van der Waals surface area contributed by atoms with Crippen LogP contribution in [0, 0.1) is 55.3 Å². The zero-order valence-electron chi connectivity index (χ0n) is 52.5. The van der Waals surface area contributed by atoms with E-state index in [1.807, 2.05) is 69.3 Å².